The van der Waals surface area contributed by atoms with Gasteiger partial charge >= 0.3 is 11.9 Å². The average Bonchev–Trinajstić information content (AvgIpc) is 2.67. The van der Waals surface area contributed by atoms with Crippen LogP contribution in [-0.4, -0.2) is 29.1 Å². The van der Waals surface area contributed by atoms with Crippen molar-refractivity contribution in [1.82, 2.24) is 0 Å². The maximum atomic E-state index is 14.8. The first-order chi connectivity index (χ1) is 10.9. The van der Waals surface area contributed by atoms with E-state index in [2.05, 4.69) is 0 Å². The highest BCUT2D eigenvalue weighted by molar-refractivity contribution is 5.75. The molecule has 0 spiro atoms. The van der Waals surface area contributed by atoms with Gasteiger partial charge in [-0.05, 0) is 45.4 Å². The molecular weight excluding hydrogens is 331 g/mol. The Morgan fingerprint density at radius 2 is 1.71 bits per heavy atom. The summed E-state index contributed by atoms with van der Waals surface area (Å²) in [6.07, 6.45) is 2.85. The lowest BCUT2D eigenvalue weighted by Crippen LogP contribution is -2.58. The predicted molar refractivity (Wildman–Crippen MR) is 78.9 cm³/mol. The van der Waals surface area contributed by atoms with E-state index in [0.717, 1.165) is 19.3 Å². The van der Waals surface area contributed by atoms with Crippen LogP contribution in [0.25, 0.3) is 0 Å². The van der Waals surface area contributed by atoms with Gasteiger partial charge in [-0.2, -0.15) is 0 Å². The molecule has 140 valence electrons. The lowest BCUT2D eigenvalue weighted by atomic mass is 9.83. The third-order valence-electron chi connectivity index (χ3n) is 5.68. The molecule has 2 saturated carbocycles. The Bertz CT molecular complexity index is 482. The van der Waals surface area contributed by atoms with Gasteiger partial charge in [0, 0.05) is 12.8 Å². The molecule has 0 aromatic heterocycles. The number of carbonyl (C=O) groups excluding carboxylic acids is 1. The number of carbonyl (C=O) groups is 1. The number of hydrogen-bond donors (Lipinski definition) is 0. The zero-order valence-electron chi connectivity index (χ0n) is 14.3. The van der Waals surface area contributed by atoms with Gasteiger partial charge < -0.3 is 4.74 Å². The van der Waals surface area contributed by atoms with Crippen molar-refractivity contribution in [2.24, 2.45) is 11.8 Å². The van der Waals surface area contributed by atoms with E-state index in [1.54, 1.807) is 6.92 Å². The van der Waals surface area contributed by atoms with Crippen molar-refractivity contribution in [2.75, 3.05) is 0 Å². The summed E-state index contributed by atoms with van der Waals surface area (Å²) < 4.78 is 76.6. The number of esters is 1. The van der Waals surface area contributed by atoms with Gasteiger partial charge in [0.25, 0.3) is 5.92 Å². The SMILES string of the molecule is CCC1CC(C(=O)OC2(C)CCCCC2)C(F)(F)C1(F)C(C)(F)F. The van der Waals surface area contributed by atoms with Crippen molar-refractivity contribution >= 4 is 5.97 Å². The quantitative estimate of drug-likeness (QED) is 0.505. The normalized spacial score (nSPS) is 35.7. The summed E-state index contributed by atoms with van der Waals surface area (Å²) in [6, 6.07) is 0. The van der Waals surface area contributed by atoms with E-state index in [4.69, 9.17) is 4.74 Å². The number of rotatable bonds is 4. The maximum Gasteiger partial charge on any atom is 0.315 e. The summed E-state index contributed by atoms with van der Waals surface area (Å²) in [4.78, 5) is 12.3. The Morgan fingerprint density at radius 1 is 1.17 bits per heavy atom. The molecule has 0 amide bonds. The van der Waals surface area contributed by atoms with Crippen molar-refractivity contribution in [3.8, 4) is 0 Å². The Morgan fingerprint density at radius 3 is 2.12 bits per heavy atom. The van der Waals surface area contributed by atoms with Crippen LogP contribution in [0, 0.1) is 11.8 Å². The molecule has 0 radical (unpaired) electrons. The fourth-order valence-corrected chi connectivity index (χ4v) is 4.18. The van der Waals surface area contributed by atoms with E-state index in [1.807, 2.05) is 0 Å². The predicted octanol–water partition coefficient (Wildman–Crippen LogP) is 5.30. The van der Waals surface area contributed by atoms with Crippen molar-refractivity contribution < 1.29 is 31.5 Å². The minimum atomic E-state index is -4.46. The molecule has 2 aliphatic carbocycles. The molecule has 7 heteroatoms. The summed E-state index contributed by atoms with van der Waals surface area (Å²) in [6.45, 7) is 3.18. The molecule has 0 bridgehead atoms. The Balaban J connectivity index is 2.26. The van der Waals surface area contributed by atoms with Crippen molar-refractivity contribution in [2.45, 2.75) is 88.8 Å². The molecule has 0 aromatic carbocycles. The summed E-state index contributed by atoms with van der Waals surface area (Å²) in [5.74, 6) is -13.7. The van der Waals surface area contributed by atoms with Gasteiger partial charge in [-0.25, -0.2) is 22.0 Å². The van der Waals surface area contributed by atoms with Crippen LogP contribution in [0.5, 0.6) is 0 Å². The zero-order chi connectivity index (χ0) is 18.4. The smallest absolute Gasteiger partial charge is 0.315 e. The van der Waals surface area contributed by atoms with Crippen LogP contribution in [0.15, 0.2) is 0 Å². The molecule has 2 aliphatic rings. The lowest BCUT2D eigenvalue weighted by Gasteiger charge is -2.38. The van der Waals surface area contributed by atoms with E-state index in [0.29, 0.717) is 12.8 Å². The topological polar surface area (TPSA) is 26.3 Å². The van der Waals surface area contributed by atoms with Gasteiger partial charge in [0.05, 0.1) is 0 Å². The molecule has 0 heterocycles. The van der Waals surface area contributed by atoms with Crippen LogP contribution in [0.3, 0.4) is 0 Å². The average molecular weight is 356 g/mol. The second-order valence-corrected chi connectivity index (χ2v) is 7.55. The number of ether oxygens (including phenoxy) is 1. The van der Waals surface area contributed by atoms with Gasteiger partial charge in [0.2, 0.25) is 5.67 Å². The van der Waals surface area contributed by atoms with Crippen LogP contribution in [0.1, 0.15) is 65.7 Å². The van der Waals surface area contributed by atoms with Gasteiger partial charge in [0.1, 0.15) is 11.5 Å². The fraction of sp³-hybridized carbons (Fsp3) is 0.941. The van der Waals surface area contributed by atoms with E-state index in [1.165, 1.54) is 6.92 Å². The molecule has 2 nitrogen and oxygen atoms in total. The monoisotopic (exact) mass is 356 g/mol. The van der Waals surface area contributed by atoms with Crippen LogP contribution >= 0.6 is 0 Å². The minimum Gasteiger partial charge on any atom is -0.459 e. The van der Waals surface area contributed by atoms with Gasteiger partial charge in [-0.3, -0.25) is 4.79 Å². The third kappa shape index (κ3) is 2.92. The lowest BCUT2D eigenvalue weighted by molar-refractivity contribution is -0.252. The van der Waals surface area contributed by atoms with Crippen molar-refractivity contribution in [3.63, 3.8) is 0 Å². The molecule has 3 atom stereocenters. The highest BCUT2D eigenvalue weighted by atomic mass is 19.3. The van der Waals surface area contributed by atoms with Crippen molar-refractivity contribution in [1.29, 1.82) is 0 Å². The highest BCUT2D eigenvalue weighted by Gasteiger charge is 2.78. The number of halogens is 5. The molecule has 24 heavy (non-hydrogen) atoms. The molecule has 2 rings (SSSR count). The number of alkyl halides is 5. The largest absolute Gasteiger partial charge is 0.459 e. The zero-order valence-corrected chi connectivity index (χ0v) is 14.3. The Hall–Kier alpha value is -0.880. The first-order valence-electron chi connectivity index (χ1n) is 8.56. The van der Waals surface area contributed by atoms with E-state index in [-0.39, 0.29) is 13.3 Å². The Kier molecular flexibility index (Phi) is 4.97. The summed E-state index contributed by atoms with van der Waals surface area (Å²) in [5, 5.41) is 0. The van der Waals surface area contributed by atoms with Gasteiger partial charge in [0.15, 0.2) is 0 Å². The molecule has 0 saturated heterocycles. The minimum absolute atomic E-state index is 0.153. The van der Waals surface area contributed by atoms with E-state index in [9.17, 15) is 26.7 Å². The van der Waals surface area contributed by atoms with Gasteiger partial charge in [-0.15, -0.1) is 0 Å². The van der Waals surface area contributed by atoms with Crippen LogP contribution in [0.2, 0.25) is 0 Å². The molecule has 3 unspecified atom stereocenters. The fourth-order valence-electron chi connectivity index (χ4n) is 4.18. The van der Waals surface area contributed by atoms with Crippen LogP contribution in [0.4, 0.5) is 22.0 Å². The van der Waals surface area contributed by atoms with Gasteiger partial charge in [-0.1, -0.05) is 13.3 Å². The summed E-state index contributed by atoms with van der Waals surface area (Å²) >= 11 is 0. The van der Waals surface area contributed by atoms with E-state index >= 15 is 0 Å². The first kappa shape index (κ1) is 19.4. The molecule has 0 N–H and O–H groups in total. The molecule has 2 fully saturated rings. The summed E-state index contributed by atoms with van der Waals surface area (Å²) in [7, 11) is 0. The van der Waals surface area contributed by atoms with E-state index < -0.39 is 47.3 Å². The number of hydrogen-bond acceptors (Lipinski definition) is 2. The van der Waals surface area contributed by atoms with Crippen LogP contribution in [-0.2, 0) is 9.53 Å². The second kappa shape index (κ2) is 6.13. The van der Waals surface area contributed by atoms with Crippen LogP contribution < -0.4 is 0 Å². The maximum absolute atomic E-state index is 14.8. The third-order valence-corrected chi connectivity index (χ3v) is 5.68. The second-order valence-electron chi connectivity index (χ2n) is 7.55. The molecule has 0 aromatic rings. The summed E-state index contributed by atoms with van der Waals surface area (Å²) in [5.41, 5.74) is -4.91. The van der Waals surface area contributed by atoms with Crippen molar-refractivity contribution in [3.05, 3.63) is 0 Å². The highest BCUT2D eigenvalue weighted by Crippen LogP contribution is 2.61. The molecule has 0 aliphatic heterocycles. The first-order valence-corrected chi connectivity index (χ1v) is 8.56. The molecular formula is C17H25F5O2. The Labute approximate surface area is 139 Å². The standard InChI is InChI=1S/C17H25F5O2/c1-4-11-10-12(17(21,22)16(11,20)15(3,18)19)13(23)24-14(2)8-6-5-7-9-14/h11-12H,4-10H2,1-3H3.